The fourth-order valence-electron chi connectivity index (χ4n) is 3.41. The first-order chi connectivity index (χ1) is 14.8. The number of anilines is 1. The molecule has 0 saturated heterocycles. The van der Waals surface area contributed by atoms with Crippen molar-refractivity contribution in [2.45, 2.75) is 39.7 Å². The molecule has 3 aromatic rings. The number of fused-ring (bicyclic) bond motifs is 1. The third-order valence-corrected chi connectivity index (χ3v) is 5.50. The van der Waals surface area contributed by atoms with Gasteiger partial charge in [0.1, 0.15) is 18.2 Å². The average molecular weight is 446 g/mol. The molecular weight excluding hydrogens is 422 g/mol. The predicted molar refractivity (Wildman–Crippen MR) is 114 cm³/mol. The van der Waals surface area contributed by atoms with Gasteiger partial charge in [0, 0.05) is 41.0 Å². The van der Waals surface area contributed by atoms with Gasteiger partial charge in [0.2, 0.25) is 5.91 Å². The summed E-state index contributed by atoms with van der Waals surface area (Å²) in [6, 6.07) is 14.9. The summed E-state index contributed by atoms with van der Waals surface area (Å²) >= 11 is 0. The zero-order valence-corrected chi connectivity index (χ0v) is 20.5. The molecule has 1 N–H and O–H groups in total. The van der Waals surface area contributed by atoms with Crippen LogP contribution in [0.3, 0.4) is 0 Å². The molecule has 0 fully saturated rings. The molecule has 0 radical (unpaired) electrons. The minimum Gasteiger partial charge on any atom is -0.550 e. The van der Waals surface area contributed by atoms with E-state index in [0.717, 1.165) is 5.39 Å². The molecular formula is C24H24FN2NaO4. The number of ether oxygens (including phenoxy) is 1. The zero-order valence-electron chi connectivity index (χ0n) is 18.5. The first kappa shape index (κ1) is 25.8. The topological polar surface area (TPSA) is 91.3 Å². The number of carboxylic acid groups (broad SMARTS) is 1. The Hall–Kier alpha value is -2.48. The van der Waals surface area contributed by atoms with Gasteiger partial charge in [-0.05, 0) is 43.2 Å². The summed E-state index contributed by atoms with van der Waals surface area (Å²) in [5.74, 6) is -1.46. The van der Waals surface area contributed by atoms with Crippen LogP contribution >= 0.6 is 0 Å². The number of carboxylic acids is 1. The summed E-state index contributed by atoms with van der Waals surface area (Å²) in [5, 5.41) is 15.1. The second-order valence-electron chi connectivity index (χ2n) is 7.46. The van der Waals surface area contributed by atoms with Crippen molar-refractivity contribution in [1.29, 1.82) is 0 Å². The first-order valence-corrected chi connectivity index (χ1v) is 10.1. The molecule has 1 aromatic heterocycles. The van der Waals surface area contributed by atoms with Gasteiger partial charge in [-0.15, -0.1) is 0 Å². The smallest absolute Gasteiger partial charge is 0.550 e. The minimum atomic E-state index is -1.22. The number of nitrogens with zero attached hydrogens (tertiary/aromatic N) is 1. The molecule has 1 amide bonds. The zero-order chi connectivity index (χ0) is 22.4. The molecule has 6 nitrogen and oxygen atoms in total. The number of aliphatic carboxylic acids is 1. The van der Waals surface area contributed by atoms with Gasteiger partial charge >= 0.3 is 29.6 Å². The van der Waals surface area contributed by atoms with Crippen molar-refractivity contribution in [3.05, 3.63) is 66.1 Å². The molecule has 32 heavy (non-hydrogen) atoms. The van der Waals surface area contributed by atoms with Gasteiger partial charge in [-0.25, -0.2) is 9.37 Å². The van der Waals surface area contributed by atoms with E-state index in [9.17, 15) is 19.1 Å². The molecule has 0 atom stereocenters. The van der Waals surface area contributed by atoms with Crippen LogP contribution in [0.15, 0.2) is 54.6 Å². The average Bonchev–Trinajstić information content (AvgIpc) is 2.75. The summed E-state index contributed by atoms with van der Waals surface area (Å²) in [7, 11) is 0. The van der Waals surface area contributed by atoms with Crippen molar-refractivity contribution in [2.24, 2.45) is 5.41 Å². The Labute approximate surface area is 208 Å². The molecule has 2 aromatic carbocycles. The van der Waals surface area contributed by atoms with Gasteiger partial charge in [0.05, 0.1) is 11.2 Å². The summed E-state index contributed by atoms with van der Waals surface area (Å²) in [6.45, 7) is 3.63. The van der Waals surface area contributed by atoms with Gasteiger partial charge < -0.3 is 20.0 Å². The van der Waals surface area contributed by atoms with Gasteiger partial charge in [0.15, 0.2) is 0 Å². The Morgan fingerprint density at radius 1 is 1.09 bits per heavy atom. The number of carbonyl (C=O) groups is 2. The van der Waals surface area contributed by atoms with Crippen molar-refractivity contribution >= 4 is 28.5 Å². The maximum atomic E-state index is 13.4. The summed E-state index contributed by atoms with van der Waals surface area (Å²) < 4.78 is 19.2. The standard InChI is InChI=1S/C24H25FN2O4.Na/c1-3-24(4-2,23(29)30)14-22(28)27-18-6-5-7-20(13-18)31-15-19-11-9-16-8-10-17(25)12-21(16)26-19;/h5-13H,3-4,14-15H2,1-2H3,(H,27,28)(H,29,30);/q;+1/p-1. The number of pyridine rings is 1. The van der Waals surface area contributed by atoms with E-state index in [1.165, 1.54) is 12.1 Å². The van der Waals surface area contributed by atoms with E-state index in [-0.39, 0.29) is 48.4 Å². The number of benzene rings is 2. The van der Waals surface area contributed by atoms with Crippen LogP contribution in [-0.2, 0) is 16.2 Å². The number of carbonyl (C=O) groups excluding carboxylic acids is 2. The van der Waals surface area contributed by atoms with E-state index in [2.05, 4.69) is 10.3 Å². The van der Waals surface area contributed by atoms with E-state index in [1.54, 1.807) is 50.2 Å². The summed E-state index contributed by atoms with van der Waals surface area (Å²) in [4.78, 5) is 28.3. The van der Waals surface area contributed by atoms with Crippen molar-refractivity contribution in [2.75, 3.05) is 5.32 Å². The second kappa shape index (κ2) is 11.4. The van der Waals surface area contributed by atoms with Crippen LogP contribution in [0, 0.1) is 11.2 Å². The Morgan fingerprint density at radius 2 is 1.81 bits per heavy atom. The summed E-state index contributed by atoms with van der Waals surface area (Å²) in [6.07, 6.45) is 0.459. The molecule has 0 aliphatic carbocycles. The Bertz CT molecular complexity index is 1100. The van der Waals surface area contributed by atoms with Crippen molar-refractivity contribution in [3.8, 4) is 5.75 Å². The van der Waals surface area contributed by atoms with Crippen LogP contribution in [0.4, 0.5) is 10.1 Å². The van der Waals surface area contributed by atoms with E-state index >= 15 is 0 Å². The third kappa shape index (κ3) is 6.28. The maximum absolute atomic E-state index is 13.4. The largest absolute Gasteiger partial charge is 1.00 e. The molecule has 3 rings (SSSR count). The number of hydrogen-bond acceptors (Lipinski definition) is 5. The van der Waals surface area contributed by atoms with Crippen molar-refractivity contribution in [3.63, 3.8) is 0 Å². The normalized spacial score (nSPS) is 11.0. The van der Waals surface area contributed by atoms with Crippen molar-refractivity contribution in [1.82, 2.24) is 4.98 Å². The number of hydrogen-bond donors (Lipinski definition) is 1. The van der Waals surface area contributed by atoms with Crippen LogP contribution < -0.4 is 44.7 Å². The summed E-state index contributed by atoms with van der Waals surface area (Å²) in [5.41, 5.74) is 0.498. The maximum Gasteiger partial charge on any atom is 1.00 e. The van der Waals surface area contributed by atoms with E-state index < -0.39 is 17.3 Å². The second-order valence-corrected chi connectivity index (χ2v) is 7.46. The molecule has 162 valence electrons. The molecule has 0 aliphatic rings. The van der Waals surface area contributed by atoms with Gasteiger partial charge in [0.25, 0.3) is 0 Å². The monoisotopic (exact) mass is 446 g/mol. The van der Waals surface area contributed by atoms with E-state index in [1.807, 2.05) is 6.07 Å². The first-order valence-electron chi connectivity index (χ1n) is 10.1. The molecule has 0 aliphatic heterocycles. The quantitative estimate of drug-likeness (QED) is 0.492. The molecule has 0 bridgehead atoms. The molecule has 1 heterocycles. The molecule has 0 saturated carbocycles. The molecule has 0 unspecified atom stereocenters. The molecule has 8 heteroatoms. The van der Waals surface area contributed by atoms with Crippen molar-refractivity contribution < 1.29 is 53.4 Å². The van der Waals surface area contributed by atoms with Crippen LogP contribution in [0.5, 0.6) is 5.75 Å². The Balaban J connectivity index is 0.00000363. The Kier molecular flexibility index (Phi) is 9.19. The number of nitrogens with one attached hydrogen (secondary N) is 1. The number of halogens is 1. The van der Waals surface area contributed by atoms with Gasteiger partial charge in [-0.1, -0.05) is 26.0 Å². The van der Waals surface area contributed by atoms with Gasteiger partial charge in [-0.3, -0.25) is 4.79 Å². The number of aromatic nitrogens is 1. The Morgan fingerprint density at radius 3 is 2.50 bits per heavy atom. The van der Waals surface area contributed by atoms with Crippen LogP contribution in [0.25, 0.3) is 10.9 Å². The third-order valence-electron chi connectivity index (χ3n) is 5.50. The minimum absolute atomic E-state index is 0. The number of amides is 1. The fourth-order valence-corrected chi connectivity index (χ4v) is 3.41. The van der Waals surface area contributed by atoms with E-state index in [0.29, 0.717) is 35.5 Å². The van der Waals surface area contributed by atoms with Gasteiger partial charge in [-0.2, -0.15) is 0 Å². The van der Waals surface area contributed by atoms with Crippen LogP contribution in [0.2, 0.25) is 0 Å². The van der Waals surface area contributed by atoms with Crippen LogP contribution in [-0.4, -0.2) is 16.9 Å². The SMILES string of the molecule is CCC(CC)(CC(=O)Nc1cccc(OCc2ccc3ccc(F)cc3n2)c1)C(=O)[O-].[Na+]. The number of rotatable bonds is 9. The predicted octanol–water partition coefficient (Wildman–Crippen LogP) is 0.842. The molecule has 0 spiro atoms. The fraction of sp³-hybridized carbons (Fsp3) is 0.292. The van der Waals surface area contributed by atoms with E-state index in [4.69, 9.17) is 4.74 Å². The van der Waals surface area contributed by atoms with Crippen LogP contribution in [0.1, 0.15) is 38.8 Å².